The van der Waals surface area contributed by atoms with Gasteiger partial charge in [0.2, 0.25) is 5.91 Å². The molecule has 0 saturated heterocycles. The minimum atomic E-state index is -0.0348. The lowest BCUT2D eigenvalue weighted by Gasteiger charge is -2.01. The van der Waals surface area contributed by atoms with E-state index in [0.29, 0.717) is 11.6 Å². The number of carbonyl (C=O) groups excluding carboxylic acids is 1. The van der Waals surface area contributed by atoms with Crippen LogP contribution in [0.25, 0.3) is 0 Å². The smallest absolute Gasteiger partial charge is 0.230 e. The van der Waals surface area contributed by atoms with Crippen LogP contribution >= 0.6 is 11.3 Å². The Labute approximate surface area is 140 Å². The molecule has 0 spiro atoms. The zero-order valence-corrected chi connectivity index (χ0v) is 13.8. The van der Waals surface area contributed by atoms with Crippen LogP contribution in [0.3, 0.4) is 0 Å². The van der Waals surface area contributed by atoms with E-state index in [2.05, 4.69) is 41.5 Å². The molecule has 0 fully saturated rings. The van der Waals surface area contributed by atoms with Crippen molar-refractivity contribution in [2.75, 3.05) is 5.32 Å². The SMILES string of the molecule is Cc1ccc(Cc2cnc(NC(=O)Cc3ccccc3)s2)cc1. The van der Waals surface area contributed by atoms with Gasteiger partial charge in [0.05, 0.1) is 6.42 Å². The van der Waals surface area contributed by atoms with Crippen molar-refractivity contribution in [3.8, 4) is 0 Å². The van der Waals surface area contributed by atoms with E-state index in [0.717, 1.165) is 16.9 Å². The van der Waals surface area contributed by atoms with E-state index in [1.165, 1.54) is 22.5 Å². The number of thiazole rings is 1. The number of benzene rings is 2. The highest BCUT2D eigenvalue weighted by atomic mass is 32.1. The summed E-state index contributed by atoms with van der Waals surface area (Å²) in [6.07, 6.45) is 3.04. The Morgan fingerprint density at radius 3 is 2.52 bits per heavy atom. The van der Waals surface area contributed by atoms with Gasteiger partial charge in [-0.15, -0.1) is 11.3 Å². The maximum absolute atomic E-state index is 12.0. The van der Waals surface area contributed by atoms with Crippen LogP contribution in [0.5, 0.6) is 0 Å². The van der Waals surface area contributed by atoms with Crippen LogP contribution in [0.1, 0.15) is 21.6 Å². The molecule has 2 aromatic carbocycles. The summed E-state index contributed by atoms with van der Waals surface area (Å²) in [6, 6.07) is 18.2. The fraction of sp³-hybridized carbons (Fsp3) is 0.158. The molecule has 3 nitrogen and oxygen atoms in total. The summed E-state index contributed by atoms with van der Waals surface area (Å²) in [4.78, 5) is 17.5. The van der Waals surface area contributed by atoms with Crippen molar-refractivity contribution >= 4 is 22.4 Å². The Kier molecular flexibility index (Phi) is 4.83. The number of hydrogen-bond acceptors (Lipinski definition) is 3. The molecule has 116 valence electrons. The number of anilines is 1. The van der Waals surface area contributed by atoms with Crippen LogP contribution < -0.4 is 5.32 Å². The molecule has 0 saturated carbocycles. The van der Waals surface area contributed by atoms with E-state index < -0.39 is 0 Å². The molecule has 0 aliphatic rings. The molecule has 1 amide bonds. The molecule has 23 heavy (non-hydrogen) atoms. The lowest BCUT2D eigenvalue weighted by Crippen LogP contribution is -2.13. The molecular formula is C19H18N2OS. The fourth-order valence-electron chi connectivity index (χ4n) is 2.30. The summed E-state index contributed by atoms with van der Waals surface area (Å²) in [5.74, 6) is -0.0348. The van der Waals surface area contributed by atoms with Crippen molar-refractivity contribution in [2.24, 2.45) is 0 Å². The Bertz CT molecular complexity index is 779. The molecule has 4 heteroatoms. The normalized spacial score (nSPS) is 10.5. The lowest BCUT2D eigenvalue weighted by atomic mass is 10.1. The average Bonchev–Trinajstić information content (AvgIpc) is 2.97. The molecule has 1 aromatic heterocycles. The average molecular weight is 322 g/mol. The van der Waals surface area contributed by atoms with E-state index in [-0.39, 0.29) is 5.91 Å². The first-order valence-corrected chi connectivity index (χ1v) is 8.35. The number of aromatic nitrogens is 1. The highest BCUT2D eigenvalue weighted by Gasteiger charge is 2.08. The van der Waals surface area contributed by atoms with Crippen molar-refractivity contribution in [1.82, 2.24) is 4.98 Å². The summed E-state index contributed by atoms with van der Waals surface area (Å²) >= 11 is 1.53. The van der Waals surface area contributed by atoms with Gasteiger partial charge in [0.15, 0.2) is 5.13 Å². The van der Waals surface area contributed by atoms with Crippen LogP contribution in [0, 0.1) is 6.92 Å². The first-order valence-electron chi connectivity index (χ1n) is 7.53. The second-order valence-corrected chi connectivity index (χ2v) is 6.62. The molecular weight excluding hydrogens is 304 g/mol. The topological polar surface area (TPSA) is 42.0 Å². The van der Waals surface area contributed by atoms with Crippen LogP contribution in [-0.2, 0) is 17.6 Å². The maximum atomic E-state index is 12.0. The van der Waals surface area contributed by atoms with Gasteiger partial charge in [0, 0.05) is 17.5 Å². The summed E-state index contributed by atoms with van der Waals surface area (Å²) < 4.78 is 0. The van der Waals surface area contributed by atoms with Gasteiger partial charge in [-0.05, 0) is 18.1 Å². The number of nitrogens with one attached hydrogen (secondary N) is 1. The molecule has 1 N–H and O–H groups in total. The van der Waals surface area contributed by atoms with Crippen LogP contribution in [0.2, 0.25) is 0 Å². The standard InChI is InChI=1S/C19H18N2OS/c1-14-7-9-16(10-8-14)11-17-13-20-19(23-17)21-18(22)12-15-5-3-2-4-6-15/h2-10,13H,11-12H2,1H3,(H,20,21,22). The van der Waals surface area contributed by atoms with Crippen LogP contribution in [0.15, 0.2) is 60.8 Å². The molecule has 0 radical (unpaired) electrons. The Morgan fingerprint density at radius 1 is 1.04 bits per heavy atom. The van der Waals surface area contributed by atoms with Crippen molar-refractivity contribution in [3.05, 3.63) is 82.4 Å². The van der Waals surface area contributed by atoms with Crippen molar-refractivity contribution in [2.45, 2.75) is 19.8 Å². The molecule has 3 aromatic rings. The summed E-state index contributed by atoms with van der Waals surface area (Å²) in [5.41, 5.74) is 3.51. The van der Waals surface area contributed by atoms with E-state index >= 15 is 0 Å². The monoisotopic (exact) mass is 322 g/mol. The first kappa shape index (κ1) is 15.4. The molecule has 0 atom stereocenters. The highest BCUT2D eigenvalue weighted by Crippen LogP contribution is 2.21. The molecule has 0 bridgehead atoms. The number of aryl methyl sites for hydroxylation is 1. The van der Waals surface area contributed by atoms with Gasteiger partial charge < -0.3 is 5.32 Å². The summed E-state index contributed by atoms with van der Waals surface area (Å²) in [6.45, 7) is 2.08. The highest BCUT2D eigenvalue weighted by molar-refractivity contribution is 7.15. The third kappa shape index (κ3) is 4.50. The van der Waals surface area contributed by atoms with E-state index in [1.807, 2.05) is 36.5 Å². The predicted octanol–water partition coefficient (Wildman–Crippen LogP) is 4.22. The van der Waals surface area contributed by atoms with E-state index in [1.54, 1.807) is 0 Å². The first-order chi connectivity index (χ1) is 11.2. The van der Waals surface area contributed by atoms with E-state index in [4.69, 9.17) is 0 Å². The Balaban J connectivity index is 1.58. The summed E-state index contributed by atoms with van der Waals surface area (Å²) in [5, 5.41) is 3.53. The van der Waals surface area contributed by atoms with Gasteiger partial charge in [0.25, 0.3) is 0 Å². The largest absolute Gasteiger partial charge is 0.302 e. The molecule has 0 aliphatic carbocycles. The van der Waals surface area contributed by atoms with Gasteiger partial charge >= 0.3 is 0 Å². The zero-order valence-electron chi connectivity index (χ0n) is 13.0. The van der Waals surface area contributed by atoms with Crippen molar-refractivity contribution < 1.29 is 4.79 Å². The Hall–Kier alpha value is -2.46. The quantitative estimate of drug-likeness (QED) is 0.764. The van der Waals surface area contributed by atoms with Gasteiger partial charge in [-0.2, -0.15) is 0 Å². The molecule has 1 heterocycles. The fourth-order valence-corrected chi connectivity index (χ4v) is 3.16. The lowest BCUT2D eigenvalue weighted by molar-refractivity contribution is -0.115. The molecule has 0 aliphatic heterocycles. The van der Waals surface area contributed by atoms with E-state index in [9.17, 15) is 4.79 Å². The second kappa shape index (κ2) is 7.20. The van der Waals surface area contributed by atoms with Crippen molar-refractivity contribution in [1.29, 1.82) is 0 Å². The number of carbonyl (C=O) groups is 1. The number of amides is 1. The van der Waals surface area contributed by atoms with Crippen LogP contribution in [-0.4, -0.2) is 10.9 Å². The van der Waals surface area contributed by atoms with Gasteiger partial charge in [-0.25, -0.2) is 4.98 Å². The third-order valence-corrected chi connectivity index (χ3v) is 4.42. The van der Waals surface area contributed by atoms with Gasteiger partial charge in [-0.1, -0.05) is 60.2 Å². The number of nitrogens with zero attached hydrogens (tertiary/aromatic N) is 1. The maximum Gasteiger partial charge on any atom is 0.230 e. The second-order valence-electron chi connectivity index (χ2n) is 5.50. The Morgan fingerprint density at radius 2 is 1.78 bits per heavy atom. The third-order valence-electron chi connectivity index (χ3n) is 3.51. The zero-order chi connectivity index (χ0) is 16.1. The molecule has 3 rings (SSSR count). The minimum Gasteiger partial charge on any atom is -0.302 e. The van der Waals surface area contributed by atoms with Crippen molar-refractivity contribution in [3.63, 3.8) is 0 Å². The summed E-state index contributed by atoms with van der Waals surface area (Å²) in [7, 11) is 0. The van der Waals surface area contributed by atoms with Crippen LogP contribution in [0.4, 0.5) is 5.13 Å². The predicted molar refractivity (Wildman–Crippen MR) is 94.9 cm³/mol. The number of rotatable bonds is 5. The minimum absolute atomic E-state index is 0.0348. The van der Waals surface area contributed by atoms with Gasteiger partial charge in [0.1, 0.15) is 0 Å². The molecule has 0 unspecified atom stereocenters. The van der Waals surface area contributed by atoms with Gasteiger partial charge in [-0.3, -0.25) is 4.79 Å². The number of hydrogen-bond donors (Lipinski definition) is 1.